The molecule has 1 aromatic heterocycles. The molecule has 6 nitrogen and oxygen atoms in total. The minimum atomic E-state index is -0.942. The zero-order chi connectivity index (χ0) is 10.9. The lowest BCUT2D eigenvalue weighted by molar-refractivity contribution is -0.140. The minimum absolute atomic E-state index is 0.257. The van der Waals surface area contributed by atoms with Gasteiger partial charge >= 0.3 is 5.97 Å². The summed E-state index contributed by atoms with van der Waals surface area (Å²) < 4.78 is 1.34. The van der Waals surface area contributed by atoms with Gasteiger partial charge in [0.05, 0.1) is 0 Å². The van der Waals surface area contributed by atoms with Crippen molar-refractivity contribution >= 4 is 5.97 Å². The van der Waals surface area contributed by atoms with Gasteiger partial charge in [0, 0.05) is 5.41 Å². The van der Waals surface area contributed by atoms with Crippen LogP contribution in [0.4, 0.5) is 0 Å². The average Bonchev–Trinajstić information content (AvgIpc) is 2.48. The zero-order valence-corrected chi connectivity index (χ0v) is 8.72. The second-order valence-corrected chi connectivity index (χ2v) is 4.21. The Bertz CT molecular complexity index is 339. The SMILES string of the molecule is C[C@@H](C(=O)O)n1nnnc1C(C)(C)C. The Morgan fingerprint density at radius 3 is 2.50 bits per heavy atom. The van der Waals surface area contributed by atoms with Crippen molar-refractivity contribution in [2.75, 3.05) is 0 Å². The van der Waals surface area contributed by atoms with E-state index in [9.17, 15) is 4.79 Å². The molecule has 0 amide bonds. The summed E-state index contributed by atoms with van der Waals surface area (Å²) in [6, 6.07) is -0.737. The lowest BCUT2D eigenvalue weighted by Gasteiger charge is -2.18. The predicted molar refractivity (Wildman–Crippen MR) is 48.9 cm³/mol. The summed E-state index contributed by atoms with van der Waals surface area (Å²) in [6.07, 6.45) is 0. The smallest absolute Gasteiger partial charge is 0.328 e. The van der Waals surface area contributed by atoms with E-state index in [1.165, 1.54) is 4.68 Å². The van der Waals surface area contributed by atoms with Gasteiger partial charge in [-0.2, -0.15) is 0 Å². The van der Waals surface area contributed by atoms with E-state index < -0.39 is 12.0 Å². The Labute approximate surface area is 81.9 Å². The van der Waals surface area contributed by atoms with Gasteiger partial charge in [0.15, 0.2) is 5.82 Å². The van der Waals surface area contributed by atoms with Crippen LogP contribution < -0.4 is 0 Å². The maximum atomic E-state index is 10.8. The molecule has 1 atom stereocenters. The van der Waals surface area contributed by atoms with Crippen molar-refractivity contribution in [1.82, 2.24) is 20.2 Å². The highest BCUT2D eigenvalue weighted by Gasteiger charge is 2.26. The topological polar surface area (TPSA) is 80.9 Å². The van der Waals surface area contributed by atoms with Crippen molar-refractivity contribution in [1.29, 1.82) is 0 Å². The first kappa shape index (κ1) is 10.6. The summed E-state index contributed by atoms with van der Waals surface area (Å²) in [7, 11) is 0. The Hall–Kier alpha value is -1.46. The third-order valence-corrected chi connectivity index (χ3v) is 1.89. The van der Waals surface area contributed by atoms with Crippen molar-refractivity contribution in [3.63, 3.8) is 0 Å². The fraction of sp³-hybridized carbons (Fsp3) is 0.750. The van der Waals surface area contributed by atoms with Crippen LogP contribution in [0, 0.1) is 0 Å². The molecule has 78 valence electrons. The third-order valence-electron chi connectivity index (χ3n) is 1.89. The van der Waals surface area contributed by atoms with E-state index in [-0.39, 0.29) is 5.41 Å². The van der Waals surface area contributed by atoms with Crippen molar-refractivity contribution < 1.29 is 9.90 Å². The van der Waals surface area contributed by atoms with Gasteiger partial charge < -0.3 is 5.11 Å². The molecule has 0 saturated heterocycles. The monoisotopic (exact) mass is 198 g/mol. The van der Waals surface area contributed by atoms with Crippen LogP contribution in [0.15, 0.2) is 0 Å². The summed E-state index contributed by atoms with van der Waals surface area (Å²) >= 11 is 0. The van der Waals surface area contributed by atoms with Gasteiger partial charge in [-0.3, -0.25) is 0 Å². The summed E-state index contributed by atoms with van der Waals surface area (Å²) in [4.78, 5) is 10.8. The summed E-state index contributed by atoms with van der Waals surface area (Å²) in [5.74, 6) is -0.366. The molecule has 0 unspecified atom stereocenters. The van der Waals surface area contributed by atoms with Gasteiger partial charge in [0.25, 0.3) is 0 Å². The van der Waals surface area contributed by atoms with E-state index in [1.807, 2.05) is 20.8 Å². The first-order valence-corrected chi connectivity index (χ1v) is 4.35. The number of aliphatic carboxylic acids is 1. The lowest BCUT2D eigenvalue weighted by Crippen LogP contribution is -2.25. The highest BCUT2D eigenvalue weighted by molar-refractivity contribution is 5.71. The van der Waals surface area contributed by atoms with Crippen LogP contribution in [0.1, 0.15) is 39.6 Å². The number of nitrogens with zero attached hydrogens (tertiary/aromatic N) is 4. The van der Waals surface area contributed by atoms with E-state index in [0.29, 0.717) is 5.82 Å². The van der Waals surface area contributed by atoms with Crippen molar-refractivity contribution in [2.24, 2.45) is 0 Å². The molecule has 0 aliphatic rings. The van der Waals surface area contributed by atoms with Crippen LogP contribution in [-0.4, -0.2) is 31.3 Å². The summed E-state index contributed by atoms with van der Waals surface area (Å²) in [6.45, 7) is 7.35. The van der Waals surface area contributed by atoms with Gasteiger partial charge in [-0.15, -0.1) is 5.10 Å². The quantitative estimate of drug-likeness (QED) is 0.753. The van der Waals surface area contributed by atoms with Crippen LogP contribution >= 0.6 is 0 Å². The van der Waals surface area contributed by atoms with Crippen LogP contribution in [0.5, 0.6) is 0 Å². The predicted octanol–water partition coefficient (Wildman–Crippen LogP) is 0.616. The van der Waals surface area contributed by atoms with Gasteiger partial charge in [-0.1, -0.05) is 20.8 Å². The number of tetrazole rings is 1. The van der Waals surface area contributed by atoms with Crippen LogP contribution in [0.3, 0.4) is 0 Å². The molecule has 14 heavy (non-hydrogen) atoms. The molecule has 0 aliphatic heterocycles. The number of carbonyl (C=O) groups is 1. The van der Waals surface area contributed by atoms with E-state index in [4.69, 9.17) is 5.11 Å². The van der Waals surface area contributed by atoms with E-state index >= 15 is 0 Å². The number of rotatable bonds is 2. The summed E-state index contributed by atoms with van der Waals surface area (Å²) in [5.41, 5.74) is -0.257. The minimum Gasteiger partial charge on any atom is -0.480 e. The van der Waals surface area contributed by atoms with Crippen molar-refractivity contribution in [3.8, 4) is 0 Å². The molecule has 1 rings (SSSR count). The largest absolute Gasteiger partial charge is 0.480 e. The van der Waals surface area contributed by atoms with Gasteiger partial charge in [-0.25, -0.2) is 9.48 Å². The average molecular weight is 198 g/mol. The highest BCUT2D eigenvalue weighted by atomic mass is 16.4. The Morgan fingerprint density at radius 1 is 1.50 bits per heavy atom. The summed E-state index contributed by atoms with van der Waals surface area (Å²) in [5, 5.41) is 19.8. The number of hydrogen-bond acceptors (Lipinski definition) is 4. The highest BCUT2D eigenvalue weighted by Crippen LogP contribution is 2.21. The van der Waals surface area contributed by atoms with Crippen molar-refractivity contribution in [3.05, 3.63) is 5.82 Å². The number of carboxylic acids is 1. The molecule has 1 heterocycles. The number of hydrogen-bond donors (Lipinski definition) is 1. The molecule has 0 aromatic carbocycles. The fourth-order valence-electron chi connectivity index (χ4n) is 1.05. The third kappa shape index (κ3) is 1.89. The molecular formula is C8H14N4O2. The van der Waals surface area contributed by atoms with Gasteiger partial charge in [0.2, 0.25) is 0 Å². The molecule has 0 radical (unpaired) electrons. The molecule has 1 N–H and O–H groups in total. The number of aromatic nitrogens is 4. The van der Waals surface area contributed by atoms with E-state index in [2.05, 4.69) is 15.5 Å². The van der Waals surface area contributed by atoms with Gasteiger partial charge in [-0.05, 0) is 17.4 Å². The van der Waals surface area contributed by atoms with Crippen LogP contribution in [0.2, 0.25) is 0 Å². The fourth-order valence-corrected chi connectivity index (χ4v) is 1.05. The molecular weight excluding hydrogens is 184 g/mol. The van der Waals surface area contributed by atoms with Crippen LogP contribution in [0.25, 0.3) is 0 Å². The molecule has 0 spiro atoms. The maximum absolute atomic E-state index is 10.8. The zero-order valence-electron chi connectivity index (χ0n) is 8.72. The molecule has 0 bridgehead atoms. The lowest BCUT2D eigenvalue weighted by atomic mass is 9.95. The molecule has 0 aliphatic carbocycles. The molecule has 1 aromatic rings. The Balaban J connectivity index is 3.11. The standard InChI is InChI=1S/C8H14N4O2/c1-5(6(13)14)12-7(8(2,3)4)9-10-11-12/h5H,1-4H3,(H,13,14)/t5-/m0/s1. The van der Waals surface area contributed by atoms with E-state index in [0.717, 1.165) is 0 Å². The second-order valence-electron chi connectivity index (χ2n) is 4.21. The van der Waals surface area contributed by atoms with E-state index in [1.54, 1.807) is 6.92 Å². The molecule has 6 heteroatoms. The Kier molecular flexibility index (Phi) is 2.55. The normalized spacial score (nSPS) is 14.0. The molecule has 0 saturated carbocycles. The maximum Gasteiger partial charge on any atom is 0.328 e. The second kappa shape index (κ2) is 3.36. The molecule has 0 fully saturated rings. The first-order valence-electron chi connectivity index (χ1n) is 4.35. The first-order chi connectivity index (χ1) is 6.34. The van der Waals surface area contributed by atoms with Gasteiger partial charge in [0.1, 0.15) is 6.04 Å². The number of carboxylic acid groups (broad SMARTS) is 1. The van der Waals surface area contributed by atoms with Crippen molar-refractivity contribution in [2.45, 2.75) is 39.2 Å². The Morgan fingerprint density at radius 2 is 2.07 bits per heavy atom. The van der Waals surface area contributed by atoms with Crippen LogP contribution in [-0.2, 0) is 10.2 Å².